The molecule has 7 nitrogen and oxygen atoms in total. The summed E-state index contributed by atoms with van der Waals surface area (Å²) in [5.41, 5.74) is 0.445. The lowest BCUT2D eigenvalue weighted by atomic mass is 10.3. The van der Waals surface area contributed by atoms with Crippen LogP contribution >= 0.6 is 23.2 Å². The number of aryl methyl sites for hydroxylation is 1. The molecule has 0 aliphatic rings. The third-order valence-corrected chi connectivity index (χ3v) is 3.61. The molecule has 0 aliphatic heterocycles. The van der Waals surface area contributed by atoms with Crippen LogP contribution in [0.2, 0.25) is 10.0 Å². The van der Waals surface area contributed by atoms with Crippen molar-refractivity contribution < 1.29 is 9.32 Å². The Kier molecular flexibility index (Phi) is 4.64. The number of rotatable bonds is 4. The molecular weight excluding hydrogens is 353 g/mol. The number of halogens is 2. The van der Waals surface area contributed by atoms with Crippen molar-refractivity contribution in [2.24, 2.45) is 0 Å². The Morgan fingerprint density at radius 1 is 1.08 bits per heavy atom. The zero-order valence-electron chi connectivity index (χ0n) is 12.4. The monoisotopic (exact) mass is 363 g/mol. The summed E-state index contributed by atoms with van der Waals surface area (Å²) in [5.74, 6) is 1.12. The van der Waals surface area contributed by atoms with Crippen LogP contribution in [0, 0.1) is 6.92 Å². The Morgan fingerprint density at radius 3 is 2.42 bits per heavy atom. The summed E-state index contributed by atoms with van der Waals surface area (Å²) in [4.78, 5) is 12.2. The average molecular weight is 364 g/mol. The zero-order valence-corrected chi connectivity index (χ0v) is 13.9. The molecule has 1 amide bonds. The number of benzene rings is 1. The van der Waals surface area contributed by atoms with Crippen LogP contribution in [0.15, 0.2) is 40.9 Å². The van der Waals surface area contributed by atoms with Gasteiger partial charge < -0.3 is 15.2 Å². The lowest BCUT2D eigenvalue weighted by Gasteiger charge is -2.08. The number of carbonyl (C=O) groups is 1. The van der Waals surface area contributed by atoms with Gasteiger partial charge in [-0.25, -0.2) is 0 Å². The first kappa shape index (κ1) is 16.2. The Labute approximate surface area is 147 Å². The van der Waals surface area contributed by atoms with E-state index in [1.165, 1.54) is 6.07 Å². The van der Waals surface area contributed by atoms with Crippen molar-refractivity contribution in [1.29, 1.82) is 0 Å². The van der Waals surface area contributed by atoms with Crippen molar-refractivity contribution >= 4 is 46.4 Å². The SMILES string of the molecule is Cc1cc(Nc2ccc(C(=O)Nc3c(Cl)cccc3Cl)nn2)no1. The molecule has 24 heavy (non-hydrogen) atoms. The summed E-state index contributed by atoms with van der Waals surface area (Å²) in [6.45, 7) is 1.77. The Balaban J connectivity index is 1.72. The molecule has 0 fully saturated rings. The van der Waals surface area contributed by atoms with E-state index in [0.29, 0.717) is 33.1 Å². The van der Waals surface area contributed by atoms with Gasteiger partial charge in [-0.3, -0.25) is 4.79 Å². The van der Waals surface area contributed by atoms with Crippen LogP contribution in [0.5, 0.6) is 0 Å². The van der Waals surface area contributed by atoms with Crippen molar-refractivity contribution in [1.82, 2.24) is 15.4 Å². The highest BCUT2D eigenvalue weighted by Gasteiger charge is 2.13. The van der Waals surface area contributed by atoms with Crippen LogP contribution in [0.4, 0.5) is 17.3 Å². The van der Waals surface area contributed by atoms with Crippen molar-refractivity contribution in [2.75, 3.05) is 10.6 Å². The second-order valence-corrected chi connectivity index (χ2v) is 5.62. The minimum atomic E-state index is -0.471. The van der Waals surface area contributed by atoms with Gasteiger partial charge >= 0.3 is 0 Å². The van der Waals surface area contributed by atoms with E-state index in [1.54, 1.807) is 37.3 Å². The fourth-order valence-corrected chi connectivity index (χ4v) is 2.36. The first-order valence-corrected chi connectivity index (χ1v) is 7.58. The molecule has 0 bridgehead atoms. The maximum Gasteiger partial charge on any atom is 0.276 e. The number of hydrogen-bond acceptors (Lipinski definition) is 6. The normalized spacial score (nSPS) is 10.5. The number of carbonyl (C=O) groups excluding carboxylic acids is 1. The van der Waals surface area contributed by atoms with Gasteiger partial charge in [0.2, 0.25) is 0 Å². The van der Waals surface area contributed by atoms with Gasteiger partial charge in [-0.05, 0) is 31.2 Å². The van der Waals surface area contributed by atoms with Crippen LogP contribution in [0.3, 0.4) is 0 Å². The zero-order chi connectivity index (χ0) is 17.1. The lowest BCUT2D eigenvalue weighted by molar-refractivity contribution is 0.102. The lowest BCUT2D eigenvalue weighted by Crippen LogP contribution is -2.15. The molecule has 2 heterocycles. The summed E-state index contributed by atoms with van der Waals surface area (Å²) in [5, 5.41) is 17.8. The summed E-state index contributed by atoms with van der Waals surface area (Å²) in [6, 6.07) is 9.76. The second kappa shape index (κ2) is 6.86. The van der Waals surface area contributed by atoms with E-state index in [9.17, 15) is 4.79 Å². The standard InChI is InChI=1S/C15H11Cl2N5O2/c1-8-7-13(22-24-8)18-12-6-5-11(20-21-12)15(23)19-14-9(16)3-2-4-10(14)17/h2-7H,1H3,(H,19,23)(H,18,21,22). The maximum absolute atomic E-state index is 12.2. The molecule has 0 aliphatic carbocycles. The number of aromatic nitrogens is 3. The van der Waals surface area contributed by atoms with Crippen molar-refractivity contribution in [3.8, 4) is 0 Å². The van der Waals surface area contributed by atoms with E-state index in [0.717, 1.165) is 0 Å². The van der Waals surface area contributed by atoms with Crippen molar-refractivity contribution in [2.45, 2.75) is 6.92 Å². The van der Waals surface area contributed by atoms with Crippen molar-refractivity contribution in [3.63, 3.8) is 0 Å². The highest BCUT2D eigenvalue weighted by Crippen LogP contribution is 2.30. The number of nitrogens with zero attached hydrogens (tertiary/aromatic N) is 3. The van der Waals surface area contributed by atoms with Gasteiger partial charge in [0.05, 0.1) is 15.7 Å². The molecule has 2 aromatic heterocycles. The second-order valence-electron chi connectivity index (χ2n) is 4.80. The van der Waals surface area contributed by atoms with E-state index in [-0.39, 0.29) is 5.69 Å². The molecule has 3 aromatic rings. The minimum Gasteiger partial charge on any atom is -0.360 e. The van der Waals surface area contributed by atoms with Gasteiger partial charge in [0.15, 0.2) is 17.3 Å². The molecule has 0 saturated carbocycles. The quantitative estimate of drug-likeness (QED) is 0.725. The Morgan fingerprint density at radius 2 is 1.83 bits per heavy atom. The minimum absolute atomic E-state index is 0.118. The first-order valence-electron chi connectivity index (χ1n) is 6.82. The average Bonchev–Trinajstić information content (AvgIpc) is 2.96. The molecule has 0 atom stereocenters. The van der Waals surface area contributed by atoms with E-state index in [4.69, 9.17) is 27.7 Å². The highest BCUT2D eigenvalue weighted by atomic mass is 35.5. The maximum atomic E-state index is 12.2. The van der Waals surface area contributed by atoms with Crippen LogP contribution in [0.1, 0.15) is 16.2 Å². The van der Waals surface area contributed by atoms with Gasteiger partial charge in [0, 0.05) is 6.07 Å². The van der Waals surface area contributed by atoms with Gasteiger partial charge in [-0.15, -0.1) is 10.2 Å². The largest absolute Gasteiger partial charge is 0.360 e. The predicted octanol–water partition coefficient (Wildman–Crippen LogP) is 4.08. The fourth-order valence-electron chi connectivity index (χ4n) is 1.87. The van der Waals surface area contributed by atoms with Crippen molar-refractivity contribution in [3.05, 3.63) is 57.9 Å². The third kappa shape index (κ3) is 3.64. The number of nitrogens with one attached hydrogen (secondary N) is 2. The predicted molar refractivity (Wildman–Crippen MR) is 91.0 cm³/mol. The first-order chi connectivity index (χ1) is 11.5. The Bertz CT molecular complexity index is 860. The number of para-hydroxylation sites is 1. The van der Waals surface area contributed by atoms with Gasteiger partial charge in [-0.1, -0.05) is 34.4 Å². The fraction of sp³-hybridized carbons (Fsp3) is 0.0667. The molecule has 9 heteroatoms. The summed E-state index contributed by atoms with van der Waals surface area (Å²) >= 11 is 12.0. The summed E-state index contributed by atoms with van der Waals surface area (Å²) in [6.07, 6.45) is 0. The van der Waals surface area contributed by atoms with E-state index in [1.807, 2.05) is 0 Å². The molecular formula is C15H11Cl2N5O2. The summed E-state index contributed by atoms with van der Waals surface area (Å²) < 4.78 is 4.94. The smallest absolute Gasteiger partial charge is 0.276 e. The molecule has 3 rings (SSSR count). The molecule has 2 N–H and O–H groups in total. The number of hydrogen-bond donors (Lipinski definition) is 2. The van der Waals surface area contributed by atoms with E-state index in [2.05, 4.69) is 26.0 Å². The molecule has 122 valence electrons. The van der Waals surface area contributed by atoms with Crippen LogP contribution < -0.4 is 10.6 Å². The van der Waals surface area contributed by atoms with Crippen LogP contribution in [-0.4, -0.2) is 21.3 Å². The molecule has 0 saturated heterocycles. The number of anilines is 3. The molecule has 1 aromatic carbocycles. The van der Waals surface area contributed by atoms with E-state index >= 15 is 0 Å². The topological polar surface area (TPSA) is 92.9 Å². The molecule has 0 unspecified atom stereocenters. The third-order valence-electron chi connectivity index (χ3n) is 2.98. The Hall–Kier alpha value is -2.64. The van der Waals surface area contributed by atoms with Gasteiger partial charge in [0.1, 0.15) is 5.76 Å². The molecule has 0 spiro atoms. The van der Waals surface area contributed by atoms with Crippen LogP contribution in [-0.2, 0) is 0 Å². The summed E-state index contributed by atoms with van der Waals surface area (Å²) in [7, 11) is 0. The highest BCUT2D eigenvalue weighted by molar-refractivity contribution is 6.39. The molecule has 0 radical (unpaired) electrons. The van der Waals surface area contributed by atoms with E-state index < -0.39 is 5.91 Å². The van der Waals surface area contributed by atoms with Gasteiger partial charge in [-0.2, -0.15) is 0 Å². The van der Waals surface area contributed by atoms with Gasteiger partial charge in [0.25, 0.3) is 5.91 Å². The van der Waals surface area contributed by atoms with Crippen LogP contribution in [0.25, 0.3) is 0 Å². The number of amides is 1.